The van der Waals surface area contributed by atoms with Crippen LogP contribution in [0.3, 0.4) is 0 Å². The van der Waals surface area contributed by atoms with Crippen LogP contribution in [0.1, 0.15) is 5.56 Å². The highest BCUT2D eigenvalue weighted by Gasteiger charge is 2.11. The molecule has 2 heterocycles. The van der Waals surface area contributed by atoms with Gasteiger partial charge in [0.15, 0.2) is 5.17 Å². The minimum Gasteiger partial charge on any atom is -0.470 e. The first-order chi connectivity index (χ1) is 4.86. The van der Waals surface area contributed by atoms with Crippen molar-refractivity contribution in [2.24, 2.45) is 10.7 Å². The van der Waals surface area contributed by atoms with Crippen molar-refractivity contribution in [3.63, 3.8) is 0 Å². The average Bonchev–Trinajstić information content (AvgIpc) is 2.33. The van der Waals surface area contributed by atoms with E-state index in [1.165, 1.54) is 11.8 Å². The molecule has 3 nitrogen and oxygen atoms in total. The van der Waals surface area contributed by atoms with E-state index < -0.39 is 0 Å². The molecule has 1 aliphatic rings. The largest absolute Gasteiger partial charge is 0.470 e. The number of hydrogen-bond donors (Lipinski definition) is 1. The second kappa shape index (κ2) is 3.19. The number of amidine groups is 1. The maximum Gasteiger partial charge on any atom is 0.159 e. The maximum atomic E-state index is 5.48. The molecule has 11 heavy (non-hydrogen) atoms. The zero-order valence-corrected chi connectivity index (χ0v) is 7.24. The van der Waals surface area contributed by atoms with E-state index in [4.69, 9.17) is 10.2 Å². The van der Waals surface area contributed by atoms with Gasteiger partial charge in [0.2, 0.25) is 0 Å². The van der Waals surface area contributed by atoms with E-state index in [0.717, 1.165) is 17.0 Å². The summed E-state index contributed by atoms with van der Waals surface area (Å²) >= 11 is 1.53. The Balaban J connectivity index is 0.000000605. The number of thioether (sulfide) groups is 1. The van der Waals surface area contributed by atoms with Gasteiger partial charge in [-0.15, -0.1) is 12.4 Å². The summed E-state index contributed by atoms with van der Waals surface area (Å²) in [5, 5.41) is 0.619. The van der Waals surface area contributed by atoms with E-state index in [1.807, 2.05) is 0 Å². The Kier molecular flexibility index (Phi) is 2.46. The first-order valence-electron chi connectivity index (χ1n) is 2.88. The standard InChI is InChI=1S/C6H6N2OS.ClH/c7-6-8-5-2-9-1-4(5)3-10-6;/h1-2H,3H2,(H2,7,8);1H. The third-order valence-corrected chi connectivity index (χ3v) is 2.17. The number of aliphatic imine (C=N–C) groups is 1. The van der Waals surface area contributed by atoms with Crippen LogP contribution >= 0.6 is 24.2 Å². The molecular weight excluding hydrogens is 184 g/mol. The zero-order chi connectivity index (χ0) is 6.97. The fourth-order valence-corrected chi connectivity index (χ4v) is 1.51. The molecule has 0 atom stereocenters. The Labute approximate surface area is 74.5 Å². The van der Waals surface area contributed by atoms with Crippen molar-refractivity contribution in [2.45, 2.75) is 5.75 Å². The second-order valence-corrected chi connectivity index (χ2v) is 3.02. The fraction of sp³-hybridized carbons (Fsp3) is 0.167. The fourth-order valence-electron chi connectivity index (χ4n) is 0.825. The SMILES string of the molecule is Cl.NC1=Nc2cocc2CS1. The Morgan fingerprint density at radius 3 is 3.18 bits per heavy atom. The Bertz CT molecular complexity index is 284. The molecule has 2 rings (SSSR count). The van der Waals surface area contributed by atoms with Crippen molar-refractivity contribution in [3.05, 3.63) is 18.1 Å². The third-order valence-electron chi connectivity index (χ3n) is 1.33. The number of hydrogen-bond acceptors (Lipinski definition) is 4. The number of rotatable bonds is 0. The van der Waals surface area contributed by atoms with Gasteiger partial charge in [-0.2, -0.15) is 0 Å². The molecule has 1 aromatic rings. The van der Waals surface area contributed by atoms with Crippen molar-refractivity contribution in [1.82, 2.24) is 0 Å². The Morgan fingerprint density at radius 2 is 2.36 bits per heavy atom. The predicted octanol–water partition coefficient (Wildman–Crippen LogP) is 1.89. The summed E-state index contributed by atoms with van der Waals surface area (Å²) < 4.78 is 4.94. The Hall–Kier alpha value is -0.610. The summed E-state index contributed by atoms with van der Waals surface area (Å²) in [7, 11) is 0. The topological polar surface area (TPSA) is 51.5 Å². The summed E-state index contributed by atoms with van der Waals surface area (Å²) in [5.41, 5.74) is 7.48. The van der Waals surface area contributed by atoms with Gasteiger partial charge in [0, 0.05) is 11.3 Å². The predicted molar refractivity (Wildman–Crippen MR) is 48.5 cm³/mol. The van der Waals surface area contributed by atoms with Gasteiger partial charge >= 0.3 is 0 Å². The van der Waals surface area contributed by atoms with Gasteiger partial charge in [0.25, 0.3) is 0 Å². The van der Waals surface area contributed by atoms with E-state index in [0.29, 0.717) is 5.17 Å². The van der Waals surface area contributed by atoms with Gasteiger partial charge in [-0.05, 0) is 0 Å². The lowest BCUT2D eigenvalue weighted by molar-refractivity contribution is 0.566. The minimum absolute atomic E-state index is 0. The van der Waals surface area contributed by atoms with Gasteiger partial charge in [0.1, 0.15) is 12.0 Å². The number of nitrogens with two attached hydrogens (primary N) is 1. The van der Waals surface area contributed by atoms with Crippen LogP contribution in [0.15, 0.2) is 21.9 Å². The molecule has 0 aliphatic carbocycles. The van der Waals surface area contributed by atoms with E-state index in [2.05, 4.69) is 4.99 Å². The van der Waals surface area contributed by atoms with Gasteiger partial charge in [-0.25, -0.2) is 4.99 Å². The molecule has 0 saturated heterocycles. The molecule has 1 aromatic heterocycles. The quantitative estimate of drug-likeness (QED) is 0.680. The number of furan rings is 1. The van der Waals surface area contributed by atoms with E-state index in [-0.39, 0.29) is 12.4 Å². The van der Waals surface area contributed by atoms with Crippen LogP contribution < -0.4 is 5.73 Å². The van der Waals surface area contributed by atoms with E-state index >= 15 is 0 Å². The lowest BCUT2D eigenvalue weighted by Crippen LogP contribution is -2.08. The molecule has 0 spiro atoms. The van der Waals surface area contributed by atoms with Crippen molar-refractivity contribution in [3.8, 4) is 0 Å². The van der Waals surface area contributed by atoms with Crippen LogP contribution in [0, 0.1) is 0 Å². The van der Waals surface area contributed by atoms with Crippen molar-refractivity contribution >= 4 is 35.0 Å². The molecule has 0 bridgehead atoms. The molecule has 1 aliphatic heterocycles. The summed E-state index contributed by atoms with van der Waals surface area (Å²) in [6, 6.07) is 0. The minimum atomic E-state index is 0. The van der Waals surface area contributed by atoms with Crippen molar-refractivity contribution < 1.29 is 4.42 Å². The number of nitrogens with zero attached hydrogens (tertiary/aromatic N) is 1. The first-order valence-corrected chi connectivity index (χ1v) is 3.87. The number of fused-ring (bicyclic) bond motifs is 1. The van der Waals surface area contributed by atoms with Gasteiger partial charge in [0.05, 0.1) is 6.26 Å². The first kappa shape index (κ1) is 8.49. The van der Waals surface area contributed by atoms with Gasteiger partial charge in [-0.3, -0.25) is 0 Å². The normalized spacial score (nSPS) is 14.7. The monoisotopic (exact) mass is 190 g/mol. The average molecular weight is 191 g/mol. The zero-order valence-electron chi connectivity index (χ0n) is 5.61. The van der Waals surface area contributed by atoms with Crippen LogP contribution in [0.4, 0.5) is 5.69 Å². The third kappa shape index (κ3) is 1.52. The van der Waals surface area contributed by atoms with Crippen LogP contribution in [-0.4, -0.2) is 5.17 Å². The van der Waals surface area contributed by atoms with Crippen LogP contribution in [0.5, 0.6) is 0 Å². The van der Waals surface area contributed by atoms with E-state index in [1.54, 1.807) is 12.5 Å². The molecule has 5 heteroatoms. The van der Waals surface area contributed by atoms with Crippen molar-refractivity contribution in [1.29, 1.82) is 0 Å². The van der Waals surface area contributed by atoms with Crippen LogP contribution in [0.25, 0.3) is 0 Å². The molecule has 2 N–H and O–H groups in total. The summed E-state index contributed by atoms with van der Waals surface area (Å²) in [6.07, 6.45) is 3.32. The van der Waals surface area contributed by atoms with Crippen molar-refractivity contribution in [2.75, 3.05) is 0 Å². The highest BCUT2D eigenvalue weighted by molar-refractivity contribution is 8.13. The molecule has 0 saturated carbocycles. The molecule has 0 aromatic carbocycles. The molecular formula is C6H7ClN2OS. The molecule has 0 fully saturated rings. The maximum absolute atomic E-state index is 5.48. The lowest BCUT2D eigenvalue weighted by Gasteiger charge is -2.04. The van der Waals surface area contributed by atoms with Crippen LogP contribution in [-0.2, 0) is 5.75 Å². The summed E-state index contributed by atoms with van der Waals surface area (Å²) in [5.74, 6) is 0.876. The molecule has 60 valence electrons. The summed E-state index contributed by atoms with van der Waals surface area (Å²) in [4.78, 5) is 4.07. The second-order valence-electron chi connectivity index (χ2n) is 2.02. The Morgan fingerprint density at radius 1 is 1.55 bits per heavy atom. The summed E-state index contributed by atoms with van der Waals surface area (Å²) in [6.45, 7) is 0. The molecule has 0 radical (unpaired) electrons. The molecule has 0 unspecified atom stereocenters. The lowest BCUT2D eigenvalue weighted by atomic mass is 10.3. The smallest absolute Gasteiger partial charge is 0.159 e. The highest BCUT2D eigenvalue weighted by Crippen LogP contribution is 2.29. The molecule has 0 amide bonds. The van der Waals surface area contributed by atoms with Gasteiger partial charge in [-0.1, -0.05) is 11.8 Å². The van der Waals surface area contributed by atoms with Crippen LogP contribution in [0.2, 0.25) is 0 Å². The van der Waals surface area contributed by atoms with E-state index in [9.17, 15) is 0 Å². The van der Waals surface area contributed by atoms with Gasteiger partial charge < -0.3 is 10.2 Å². The highest BCUT2D eigenvalue weighted by atomic mass is 35.5. The number of halogens is 1.